The zero-order valence-electron chi connectivity index (χ0n) is 12.7. The highest BCUT2D eigenvalue weighted by atomic mass is 19.2. The number of carbonyl (C=O) groups excluding carboxylic acids is 1. The maximum absolute atomic E-state index is 13.7. The van der Waals surface area contributed by atoms with Gasteiger partial charge in [0.15, 0.2) is 17.5 Å². The van der Waals surface area contributed by atoms with E-state index >= 15 is 0 Å². The summed E-state index contributed by atoms with van der Waals surface area (Å²) in [5, 5.41) is 9.24. The van der Waals surface area contributed by atoms with Gasteiger partial charge in [0.1, 0.15) is 5.75 Å². The van der Waals surface area contributed by atoms with Gasteiger partial charge in [0.25, 0.3) is 5.91 Å². The van der Waals surface area contributed by atoms with Gasteiger partial charge in [0, 0.05) is 13.1 Å². The van der Waals surface area contributed by atoms with Gasteiger partial charge in [-0.2, -0.15) is 0 Å². The van der Waals surface area contributed by atoms with Crippen molar-refractivity contribution in [2.45, 2.75) is 19.4 Å². The van der Waals surface area contributed by atoms with Crippen LogP contribution in [0.4, 0.5) is 13.2 Å². The topological polar surface area (TPSA) is 40.5 Å². The molecule has 3 nitrogen and oxygen atoms in total. The molecule has 2 aromatic carbocycles. The van der Waals surface area contributed by atoms with Gasteiger partial charge in [-0.15, -0.1) is 0 Å². The number of likely N-dealkylation sites (N-methyl/N-ethyl adjacent to an activating group) is 1. The molecule has 122 valence electrons. The van der Waals surface area contributed by atoms with Crippen molar-refractivity contribution in [1.29, 1.82) is 0 Å². The molecule has 0 fully saturated rings. The fourth-order valence-electron chi connectivity index (χ4n) is 2.19. The smallest absolute Gasteiger partial charge is 0.256 e. The van der Waals surface area contributed by atoms with Crippen LogP contribution in [0, 0.1) is 17.5 Å². The minimum Gasteiger partial charge on any atom is -0.508 e. The number of amides is 1. The van der Waals surface area contributed by atoms with E-state index in [-0.39, 0.29) is 11.8 Å². The lowest BCUT2D eigenvalue weighted by atomic mass is 10.0. The van der Waals surface area contributed by atoms with Crippen molar-refractivity contribution in [3.05, 3.63) is 65.0 Å². The Hall–Kier alpha value is -2.50. The van der Waals surface area contributed by atoms with Crippen LogP contribution < -0.4 is 0 Å². The van der Waals surface area contributed by atoms with E-state index in [1.54, 1.807) is 19.1 Å². The molecule has 2 aromatic rings. The largest absolute Gasteiger partial charge is 0.508 e. The molecule has 0 aromatic heterocycles. The maximum Gasteiger partial charge on any atom is 0.256 e. The molecule has 0 radical (unpaired) electrons. The van der Waals surface area contributed by atoms with Crippen LogP contribution >= 0.6 is 0 Å². The zero-order valence-corrected chi connectivity index (χ0v) is 12.7. The molecule has 2 rings (SSSR count). The summed E-state index contributed by atoms with van der Waals surface area (Å²) in [4.78, 5) is 13.5. The average Bonchev–Trinajstić information content (AvgIpc) is 2.53. The summed E-state index contributed by atoms with van der Waals surface area (Å²) in [6.07, 6.45) is 0.466. The normalized spacial score (nSPS) is 12.0. The predicted octanol–water partition coefficient (Wildman–Crippen LogP) is 3.51. The number of aromatic hydroxyl groups is 1. The molecule has 0 saturated heterocycles. The lowest BCUT2D eigenvalue weighted by molar-refractivity contribution is 0.0737. The molecule has 1 N–H and O–H groups in total. The molecule has 0 aliphatic rings. The Bertz CT molecular complexity index is 717. The SMILES string of the molecule is C[C@H](Cc1ccc(O)cc1)N(C)C(=O)c1ccc(F)c(F)c1F. The minimum absolute atomic E-state index is 0.134. The second-order valence-electron chi connectivity index (χ2n) is 5.36. The van der Waals surface area contributed by atoms with Gasteiger partial charge in [-0.1, -0.05) is 12.1 Å². The first kappa shape index (κ1) is 16.9. The molecular weight excluding hydrogens is 307 g/mol. The van der Waals surface area contributed by atoms with E-state index in [0.29, 0.717) is 6.42 Å². The zero-order chi connectivity index (χ0) is 17.1. The summed E-state index contributed by atoms with van der Waals surface area (Å²) < 4.78 is 39.9. The summed E-state index contributed by atoms with van der Waals surface area (Å²) in [6.45, 7) is 1.75. The van der Waals surface area contributed by atoms with Gasteiger partial charge in [-0.25, -0.2) is 13.2 Å². The van der Waals surface area contributed by atoms with Gasteiger partial charge in [-0.05, 0) is 43.2 Å². The van der Waals surface area contributed by atoms with E-state index < -0.39 is 28.9 Å². The molecule has 0 heterocycles. The lowest BCUT2D eigenvalue weighted by Crippen LogP contribution is -2.37. The molecular formula is C17H16F3NO2. The van der Waals surface area contributed by atoms with Gasteiger partial charge in [-0.3, -0.25) is 4.79 Å². The highest BCUT2D eigenvalue weighted by Gasteiger charge is 2.24. The predicted molar refractivity (Wildman–Crippen MR) is 79.7 cm³/mol. The lowest BCUT2D eigenvalue weighted by Gasteiger charge is -2.25. The van der Waals surface area contributed by atoms with Crippen LogP contribution in [0.3, 0.4) is 0 Å². The number of benzene rings is 2. The second kappa shape index (κ2) is 6.73. The van der Waals surface area contributed by atoms with Crippen LogP contribution in [0.15, 0.2) is 36.4 Å². The number of phenolic OH excluding ortho intramolecular Hbond substituents is 1. The van der Waals surface area contributed by atoms with Crippen molar-refractivity contribution in [3.8, 4) is 5.75 Å². The third-order valence-corrected chi connectivity index (χ3v) is 3.71. The van der Waals surface area contributed by atoms with Gasteiger partial charge in [0.05, 0.1) is 5.56 Å². The number of phenols is 1. The van der Waals surface area contributed by atoms with Crippen LogP contribution in [0.25, 0.3) is 0 Å². The Labute approximate surface area is 132 Å². The van der Waals surface area contributed by atoms with E-state index in [9.17, 15) is 23.1 Å². The van der Waals surface area contributed by atoms with Crippen LogP contribution in [-0.4, -0.2) is 29.0 Å². The first-order valence-corrected chi connectivity index (χ1v) is 6.99. The van der Waals surface area contributed by atoms with Crippen molar-refractivity contribution in [2.24, 2.45) is 0 Å². The molecule has 1 amide bonds. The second-order valence-corrected chi connectivity index (χ2v) is 5.36. The van der Waals surface area contributed by atoms with Crippen molar-refractivity contribution < 1.29 is 23.1 Å². The Morgan fingerprint density at radius 3 is 2.30 bits per heavy atom. The van der Waals surface area contributed by atoms with Gasteiger partial charge < -0.3 is 10.0 Å². The summed E-state index contributed by atoms with van der Waals surface area (Å²) in [7, 11) is 1.47. The summed E-state index contributed by atoms with van der Waals surface area (Å²) >= 11 is 0. The summed E-state index contributed by atoms with van der Waals surface area (Å²) in [6, 6.07) is 7.83. The molecule has 0 saturated carbocycles. The van der Waals surface area contributed by atoms with E-state index in [2.05, 4.69) is 0 Å². The Morgan fingerprint density at radius 2 is 1.70 bits per heavy atom. The van der Waals surface area contributed by atoms with Crippen molar-refractivity contribution in [2.75, 3.05) is 7.05 Å². The standard InChI is InChI=1S/C17H16F3NO2/c1-10(9-11-3-5-12(22)6-4-11)21(2)17(23)13-7-8-14(18)16(20)15(13)19/h3-8,10,22H,9H2,1-2H3/t10-/m1/s1. The fraction of sp³-hybridized carbons (Fsp3) is 0.235. The van der Waals surface area contributed by atoms with E-state index in [4.69, 9.17) is 0 Å². The van der Waals surface area contributed by atoms with Crippen molar-refractivity contribution >= 4 is 5.91 Å². The van der Waals surface area contributed by atoms with Crippen molar-refractivity contribution in [3.63, 3.8) is 0 Å². The summed E-state index contributed by atoms with van der Waals surface area (Å²) in [5.41, 5.74) is 0.365. The molecule has 0 unspecified atom stereocenters. The van der Waals surface area contributed by atoms with Crippen LogP contribution in [0.5, 0.6) is 5.75 Å². The van der Waals surface area contributed by atoms with Crippen LogP contribution in [-0.2, 0) is 6.42 Å². The number of rotatable bonds is 4. The van der Waals surface area contributed by atoms with Crippen LogP contribution in [0.1, 0.15) is 22.8 Å². The van der Waals surface area contributed by atoms with Crippen LogP contribution in [0.2, 0.25) is 0 Å². The highest BCUT2D eigenvalue weighted by molar-refractivity contribution is 5.94. The number of hydrogen-bond acceptors (Lipinski definition) is 2. The maximum atomic E-state index is 13.7. The average molecular weight is 323 g/mol. The highest BCUT2D eigenvalue weighted by Crippen LogP contribution is 2.19. The Kier molecular flexibility index (Phi) is 4.93. The third kappa shape index (κ3) is 3.64. The van der Waals surface area contributed by atoms with E-state index in [1.807, 2.05) is 0 Å². The number of carbonyl (C=O) groups is 1. The molecule has 0 aliphatic heterocycles. The molecule has 0 spiro atoms. The Balaban J connectivity index is 2.15. The molecule has 0 aliphatic carbocycles. The number of hydrogen-bond donors (Lipinski definition) is 1. The number of halogens is 3. The quantitative estimate of drug-likeness (QED) is 0.875. The fourth-order valence-corrected chi connectivity index (χ4v) is 2.19. The van der Waals surface area contributed by atoms with E-state index in [0.717, 1.165) is 17.7 Å². The molecule has 0 bridgehead atoms. The monoisotopic (exact) mass is 323 g/mol. The first-order chi connectivity index (χ1) is 10.8. The molecule has 6 heteroatoms. The Morgan fingerprint density at radius 1 is 1.09 bits per heavy atom. The number of nitrogens with zero attached hydrogens (tertiary/aromatic N) is 1. The third-order valence-electron chi connectivity index (χ3n) is 3.71. The first-order valence-electron chi connectivity index (χ1n) is 6.99. The van der Waals surface area contributed by atoms with Gasteiger partial charge >= 0.3 is 0 Å². The molecule has 1 atom stereocenters. The van der Waals surface area contributed by atoms with E-state index in [1.165, 1.54) is 24.1 Å². The van der Waals surface area contributed by atoms with Gasteiger partial charge in [0.2, 0.25) is 0 Å². The summed E-state index contributed by atoms with van der Waals surface area (Å²) in [5.74, 6) is -5.07. The minimum atomic E-state index is -1.66. The molecule has 23 heavy (non-hydrogen) atoms. The van der Waals surface area contributed by atoms with Crippen molar-refractivity contribution in [1.82, 2.24) is 4.90 Å².